The summed E-state index contributed by atoms with van der Waals surface area (Å²) in [6.07, 6.45) is 0. The number of fused-ring (bicyclic) bond motifs is 1. The molecule has 0 radical (unpaired) electrons. The Morgan fingerprint density at radius 3 is 2.63 bits per heavy atom. The molecule has 2 aliphatic rings. The Bertz CT molecular complexity index is 1440. The number of hydrogen-bond donors (Lipinski definition) is 4. The number of carbonyl (C=O) groups is 4. The van der Waals surface area contributed by atoms with Crippen LogP contribution >= 0.6 is 58.0 Å². The first kappa shape index (κ1) is 34.6. The second-order valence-corrected chi connectivity index (χ2v) is 13.8. The van der Waals surface area contributed by atoms with E-state index in [0.29, 0.717) is 14.9 Å². The van der Waals surface area contributed by atoms with Crippen molar-refractivity contribution in [2.45, 2.75) is 25.9 Å². The molecule has 4 heterocycles. The zero-order valence-electron chi connectivity index (χ0n) is 23.8. The molecule has 2 amide bonds. The third-order valence-corrected chi connectivity index (χ3v) is 11.8. The number of carbonyl (C=O) groups excluding carboxylic acids is 2. The first-order valence-electron chi connectivity index (χ1n) is 11.2. The molecule has 208 valence electrons. The second-order valence-electron chi connectivity index (χ2n) is 8.64. The van der Waals surface area contributed by atoms with Crippen molar-refractivity contribution in [3.8, 4) is 0 Å². The molecular weight excluding hydrogens is 651 g/mol. The summed E-state index contributed by atoms with van der Waals surface area (Å²) in [4.78, 5) is 56.6. The molecule has 4 atom stereocenters. The molecule has 19 heteroatoms. The normalized spacial score (nSPS) is 21.9. The number of nitrogens with one attached hydrogen (secondary N) is 1. The van der Waals surface area contributed by atoms with Crippen molar-refractivity contribution in [1.29, 1.82) is 0 Å². The summed E-state index contributed by atoms with van der Waals surface area (Å²) in [5.74, 6) is -2.55. The number of β-lactam (4-membered cyclic amide) rings is 1. The van der Waals surface area contributed by atoms with Crippen LogP contribution in [0.15, 0.2) is 44.4 Å². The summed E-state index contributed by atoms with van der Waals surface area (Å²) >= 11 is 6.07. The van der Waals surface area contributed by atoms with Gasteiger partial charge in [0.1, 0.15) is 27.6 Å². The molecule has 0 bridgehead atoms. The number of carboxylic acid groups (broad SMARTS) is 2. The number of carboxylic acids is 2. The predicted octanol–water partition coefficient (Wildman–Crippen LogP) is -3.40. The van der Waals surface area contributed by atoms with E-state index in [2.05, 4.69) is 20.5 Å². The molecular formula is C22H22N6Na2O6S5. The number of nitrogens with zero attached hydrogens (tertiary/aromatic N) is 4. The predicted molar refractivity (Wildman–Crippen MR) is 151 cm³/mol. The van der Waals surface area contributed by atoms with E-state index in [9.17, 15) is 29.4 Å². The van der Waals surface area contributed by atoms with Crippen LogP contribution in [0, 0.1) is 5.41 Å². The fourth-order valence-corrected chi connectivity index (χ4v) is 9.24. The average molecular weight is 673 g/mol. The first-order chi connectivity index (χ1) is 18.7. The number of thioether (sulfide) groups is 3. The summed E-state index contributed by atoms with van der Waals surface area (Å²) < 4.78 is 0.651. The number of aromatic carboxylic acids is 1. The number of nitrogens with two attached hydrogens (primary N) is 1. The van der Waals surface area contributed by atoms with Crippen LogP contribution in [0.5, 0.6) is 0 Å². The minimum absolute atomic E-state index is 0. The molecule has 12 nitrogen and oxygen atoms in total. The van der Waals surface area contributed by atoms with Crippen molar-refractivity contribution in [2.24, 2.45) is 5.41 Å². The van der Waals surface area contributed by atoms with Gasteiger partial charge in [0.25, 0.3) is 0 Å². The van der Waals surface area contributed by atoms with Crippen molar-refractivity contribution in [1.82, 2.24) is 25.4 Å². The summed E-state index contributed by atoms with van der Waals surface area (Å²) in [6.45, 7) is 0.0177. The summed E-state index contributed by atoms with van der Waals surface area (Å²) in [5.41, 5.74) is 6.58. The van der Waals surface area contributed by atoms with Crippen LogP contribution in [0.25, 0.3) is 0 Å². The van der Waals surface area contributed by atoms with Gasteiger partial charge in [-0.1, -0.05) is 35.2 Å². The molecule has 5 N–H and O–H groups in total. The molecule has 2 aliphatic heterocycles. The van der Waals surface area contributed by atoms with Crippen LogP contribution in [0.4, 0.5) is 5.13 Å². The van der Waals surface area contributed by atoms with Gasteiger partial charge in [-0.2, -0.15) is 0 Å². The summed E-state index contributed by atoms with van der Waals surface area (Å²) in [6, 6.07) is 5.46. The Balaban J connectivity index is 0.00000231. The Labute approximate surface area is 302 Å². The molecule has 2 aromatic heterocycles. The van der Waals surface area contributed by atoms with E-state index in [0.717, 1.165) is 23.1 Å². The molecule has 2 saturated heterocycles. The monoisotopic (exact) mass is 672 g/mol. The maximum atomic E-state index is 13.5. The SMILES string of the molecule is Nc1nc(C(Sc2ccccc2C(=O)O)C(=O)NC2C(=O)N3CC(CSc4nncs4)(C(=O)O)CS[C@H]23)cs1.[H-].[H-].[Na+].[Na+]. The minimum Gasteiger partial charge on any atom is -1.00 e. The number of anilines is 1. The molecule has 1 aromatic carbocycles. The number of nitrogen functional groups attached to an aromatic ring is 1. The Kier molecular flexibility index (Phi) is 12.5. The standard InChI is InChI=1S/C22H20N6O6S5.2Na.2H/c23-20-25-11(5-35-20)14(39-12-4-2-1-3-10(12)18(31)32)15(29)26-13-16(30)28-6-22(19(33)34,7-36-17(13)28)8-37-21-27-24-9-38-21;;;;/h1-5,9,13-14,17H,6-8H2,(H2,23,25)(H,26,29)(H,31,32)(H,33,34);;;;/q;2*+1;2*-1/t13?,14?,17-,22?;;;;/m1..../s1. The van der Waals surface area contributed by atoms with Gasteiger partial charge < -0.3 is 29.0 Å². The number of aromatic nitrogens is 3. The number of amides is 2. The molecule has 3 aromatic rings. The van der Waals surface area contributed by atoms with Gasteiger partial charge in [0.05, 0.1) is 11.3 Å². The van der Waals surface area contributed by atoms with Gasteiger partial charge in [-0.3, -0.25) is 14.4 Å². The molecule has 41 heavy (non-hydrogen) atoms. The van der Waals surface area contributed by atoms with Crippen LogP contribution in [0.2, 0.25) is 0 Å². The number of rotatable bonds is 10. The van der Waals surface area contributed by atoms with Crippen LogP contribution in [0.1, 0.15) is 24.2 Å². The molecule has 5 rings (SSSR count). The summed E-state index contributed by atoms with van der Waals surface area (Å²) in [7, 11) is 0. The topological polar surface area (TPSA) is 189 Å². The Morgan fingerprint density at radius 2 is 2.00 bits per heavy atom. The van der Waals surface area contributed by atoms with Gasteiger partial charge in [0, 0.05) is 28.3 Å². The van der Waals surface area contributed by atoms with E-state index < -0.39 is 39.9 Å². The van der Waals surface area contributed by atoms with Crippen molar-refractivity contribution in [3.05, 3.63) is 46.4 Å². The van der Waals surface area contributed by atoms with E-state index in [4.69, 9.17) is 5.73 Å². The van der Waals surface area contributed by atoms with E-state index in [1.54, 1.807) is 29.1 Å². The van der Waals surface area contributed by atoms with E-state index >= 15 is 0 Å². The number of benzene rings is 1. The van der Waals surface area contributed by atoms with Gasteiger partial charge in [-0.05, 0) is 12.1 Å². The molecule has 0 aliphatic carbocycles. The molecule has 0 spiro atoms. The zero-order valence-corrected chi connectivity index (χ0v) is 29.8. The fourth-order valence-electron chi connectivity index (χ4n) is 4.10. The molecule has 2 fully saturated rings. The third kappa shape index (κ3) is 7.45. The van der Waals surface area contributed by atoms with E-state index in [1.165, 1.54) is 45.8 Å². The first-order valence-corrected chi connectivity index (χ1v) is 15.9. The van der Waals surface area contributed by atoms with Gasteiger partial charge in [-0.25, -0.2) is 9.78 Å². The second kappa shape index (κ2) is 14.7. The van der Waals surface area contributed by atoms with Crippen molar-refractivity contribution >= 4 is 86.8 Å². The maximum absolute atomic E-state index is 13.5. The van der Waals surface area contributed by atoms with Gasteiger partial charge in [0.2, 0.25) is 11.8 Å². The van der Waals surface area contributed by atoms with Crippen molar-refractivity contribution in [3.63, 3.8) is 0 Å². The Morgan fingerprint density at radius 1 is 1.24 bits per heavy atom. The summed E-state index contributed by atoms with van der Waals surface area (Å²) in [5, 5.41) is 30.6. The van der Waals surface area contributed by atoms with Crippen LogP contribution in [0.3, 0.4) is 0 Å². The number of aliphatic carboxylic acids is 1. The largest absolute Gasteiger partial charge is 1.00 e. The molecule has 0 saturated carbocycles. The van der Waals surface area contributed by atoms with Gasteiger partial charge in [-0.15, -0.1) is 45.1 Å². The molecule has 3 unspecified atom stereocenters. The van der Waals surface area contributed by atoms with Crippen LogP contribution < -0.4 is 70.2 Å². The van der Waals surface area contributed by atoms with Gasteiger partial charge >= 0.3 is 71.1 Å². The number of hydrogen-bond acceptors (Lipinski definition) is 13. The Hall–Kier alpha value is -0.860. The van der Waals surface area contributed by atoms with E-state index in [1.807, 2.05) is 0 Å². The third-order valence-electron chi connectivity index (χ3n) is 6.12. The smallest absolute Gasteiger partial charge is 1.00 e. The van der Waals surface area contributed by atoms with Crippen LogP contribution in [-0.4, -0.2) is 83.5 Å². The van der Waals surface area contributed by atoms with Crippen molar-refractivity contribution in [2.75, 3.05) is 23.8 Å². The van der Waals surface area contributed by atoms with E-state index in [-0.39, 0.29) is 96.6 Å². The maximum Gasteiger partial charge on any atom is 1.00 e. The number of thiazole rings is 1. The average Bonchev–Trinajstić information content (AvgIpc) is 3.60. The van der Waals surface area contributed by atoms with Gasteiger partial charge in [0.15, 0.2) is 9.47 Å². The van der Waals surface area contributed by atoms with Crippen LogP contribution in [-0.2, 0) is 14.4 Å². The van der Waals surface area contributed by atoms with Crippen molar-refractivity contribution < 1.29 is 91.4 Å². The minimum atomic E-state index is -1.17. The quantitative estimate of drug-likeness (QED) is 0.0949. The zero-order chi connectivity index (χ0) is 27.7. The fraction of sp³-hybridized carbons (Fsp3) is 0.318.